The molecule has 0 N–H and O–H groups in total. The summed E-state index contributed by atoms with van der Waals surface area (Å²) in [6, 6.07) is 21.4. The zero-order chi connectivity index (χ0) is 20.8. The first-order valence-corrected chi connectivity index (χ1v) is 10.5. The van der Waals surface area contributed by atoms with Crippen LogP contribution in [0.5, 0.6) is 0 Å². The summed E-state index contributed by atoms with van der Waals surface area (Å²) in [5.74, 6) is -0.265. The lowest BCUT2D eigenvalue weighted by Crippen LogP contribution is -2.08. The lowest BCUT2D eigenvalue weighted by Gasteiger charge is -2.10. The summed E-state index contributed by atoms with van der Waals surface area (Å²) in [5, 5.41) is 12.0. The zero-order valence-electron chi connectivity index (χ0n) is 15.9. The van der Waals surface area contributed by atoms with Crippen LogP contribution in [0.2, 0.25) is 0 Å². The molecule has 0 radical (unpaired) electrons. The van der Waals surface area contributed by atoms with E-state index in [-0.39, 0.29) is 11.5 Å². The van der Waals surface area contributed by atoms with Gasteiger partial charge in [0.15, 0.2) is 0 Å². The van der Waals surface area contributed by atoms with Crippen molar-refractivity contribution in [2.45, 2.75) is 4.90 Å². The van der Waals surface area contributed by atoms with E-state index >= 15 is 0 Å². The minimum atomic E-state index is -0.480. The molecule has 6 nitrogen and oxygen atoms in total. The van der Waals surface area contributed by atoms with E-state index in [9.17, 15) is 14.9 Å². The number of ketones is 1. The van der Waals surface area contributed by atoms with Gasteiger partial charge in [0.1, 0.15) is 5.69 Å². The number of nitro groups is 1. The molecule has 0 atom stereocenters. The Morgan fingerprint density at radius 1 is 0.967 bits per heavy atom. The van der Waals surface area contributed by atoms with E-state index < -0.39 is 4.92 Å². The van der Waals surface area contributed by atoms with Gasteiger partial charge in [-0.2, -0.15) is 0 Å². The van der Waals surface area contributed by atoms with Gasteiger partial charge >= 0.3 is 0 Å². The van der Waals surface area contributed by atoms with Gasteiger partial charge in [-0.05, 0) is 36.6 Å². The number of non-ortho nitro benzene ring substituents is 1. The Kier molecular flexibility index (Phi) is 4.25. The summed E-state index contributed by atoms with van der Waals surface area (Å²) < 4.78 is 2.09. The molecule has 30 heavy (non-hydrogen) atoms. The van der Waals surface area contributed by atoms with Crippen molar-refractivity contribution in [2.24, 2.45) is 0 Å². The van der Waals surface area contributed by atoms with Crippen LogP contribution in [0.25, 0.3) is 27.5 Å². The summed E-state index contributed by atoms with van der Waals surface area (Å²) in [5.41, 5.74) is 4.04. The van der Waals surface area contributed by atoms with E-state index in [1.807, 2.05) is 54.8 Å². The first-order chi connectivity index (χ1) is 14.6. The molecular formula is C23H15N3O3S. The Labute approximate surface area is 175 Å². The number of hydrogen-bond donors (Lipinski definition) is 0. The van der Waals surface area contributed by atoms with Crippen LogP contribution in [-0.4, -0.2) is 26.3 Å². The van der Waals surface area contributed by atoms with Crippen LogP contribution in [0.1, 0.15) is 16.1 Å². The molecule has 3 aromatic carbocycles. The van der Waals surface area contributed by atoms with E-state index in [1.165, 1.54) is 24.3 Å². The summed E-state index contributed by atoms with van der Waals surface area (Å²) >= 11 is 1.57. The topological polar surface area (TPSA) is 77.5 Å². The minimum Gasteiger partial charge on any atom is -0.304 e. The van der Waals surface area contributed by atoms with Gasteiger partial charge in [-0.3, -0.25) is 14.9 Å². The summed E-state index contributed by atoms with van der Waals surface area (Å²) in [7, 11) is 0. The molecule has 0 amide bonds. The maximum Gasteiger partial charge on any atom is 0.269 e. The number of thioether (sulfide) groups is 1. The van der Waals surface area contributed by atoms with Crippen molar-refractivity contribution in [3.8, 4) is 0 Å². The van der Waals surface area contributed by atoms with Gasteiger partial charge in [-0.25, -0.2) is 4.98 Å². The third-order valence-corrected chi connectivity index (χ3v) is 5.99. The molecule has 2 aromatic heterocycles. The van der Waals surface area contributed by atoms with Gasteiger partial charge in [-0.1, -0.05) is 30.3 Å². The third kappa shape index (κ3) is 2.67. The highest BCUT2D eigenvalue weighted by Gasteiger charge is 2.23. The molecule has 5 rings (SSSR count). The van der Waals surface area contributed by atoms with E-state index in [1.54, 1.807) is 11.8 Å². The number of hydrogen-bond acceptors (Lipinski definition) is 5. The fraction of sp³-hybridized carbons (Fsp3) is 0.0435. The van der Waals surface area contributed by atoms with Crippen molar-refractivity contribution in [2.75, 3.05) is 6.26 Å². The van der Waals surface area contributed by atoms with Crippen LogP contribution in [0, 0.1) is 10.1 Å². The number of nitrogens with zero attached hydrogens (tertiary/aromatic N) is 3. The molecule has 0 saturated heterocycles. The third-order valence-electron chi connectivity index (χ3n) is 5.17. The SMILES string of the molecule is CSc1c2ccccc2n2c1c(C(=O)c1ccc([N+](=O)[O-])cc1)nc1ccccc12. The monoisotopic (exact) mass is 413 g/mol. The fourth-order valence-electron chi connectivity index (χ4n) is 3.83. The smallest absolute Gasteiger partial charge is 0.269 e. The molecule has 0 bridgehead atoms. The average molecular weight is 413 g/mol. The molecule has 0 fully saturated rings. The van der Waals surface area contributed by atoms with Gasteiger partial charge in [0, 0.05) is 28.0 Å². The van der Waals surface area contributed by atoms with Crippen molar-refractivity contribution in [3.05, 3.63) is 94.2 Å². The van der Waals surface area contributed by atoms with Crippen molar-refractivity contribution in [1.29, 1.82) is 0 Å². The summed E-state index contributed by atoms with van der Waals surface area (Å²) in [4.78, 5) is 29.7. The first-order valence-electron chi connectivity index (χ1n) is 9.25. The molecule has 2 heterocycles. The van der Waals surface area contributed by atoms with Crippen LogP contribution < -0.4 is 0 Å². The lowest BCUT2D eigenvalue weighted by atomic mass is 10.1. The fourth-order valence-corrected chi connectivity index (χ4v) is 4.61. The van der Waals surface area contributed by atoms with Crippen molar-refractivity contribution < 1.29 is 9.72 Å². The number of fused-ring (bicyclic) bond motifs is 5. The van der Waals surface area contributed by atoms with Crippen LogP contribution in [0.3, 0.4) is 0 Å². The molecule has 0 aliphatic heterocycles. The molecule has 5 aromatic rings. The Morgan fingerprint density at radius 3 is 2.33 bits per heavy atom. The number of nitro benzene ring substituents is 1. The number of benzene rings is 3. The van der Waals surface area contributed by atoms with Gasteiger partial charge < -0.3 is 4.40 Å². The van der Waals surface area contributed by atoms with Gasteiger partial charge in [-0.15, -0.1) is 11.8 Å². The molecule has 0 aliphatic carbocycles. The molecular weight excluding hydrogens is 398 g/mol. The Bertz CT molecular complexity index is 1470. The van der Waals surface area contributed by atoms with Gasteiger partial charge in [0.2, 0.25) is 5.78 Å². The van der Waals surface area contributed by atoms with Crippen LogP contribution in [0.15, 0.2) is 77.7 Å². The highest BCUT2D eigenvalue weighted by molar-refractivity contribution is 7.99. The molecule has 0 spiro atoms. The second-order valence-electron chi connectivity index (χ2n) is 6.82. The predicted octanol–water partition coefficient (Wildman–Crippen LogP) is 5.50. The number of carbonyl (C=O) groups is 1. The first kappa shape index (κ1) is 18.3. The van der Waals surface area contributed by atoms with Crippen molar-refractivity contribution in [1.82, 2.24) is 9.38 Å². The van der Waals surface area contributed by atoms with Crippen molar-refractivity contribution >= 4 is 50.7 Å². The lowest BCUT2D eigenvalue weighted by molar-refractivity contribution is -0.384. The van der Waals surface area contributed by atoms with E-state index in [2.05, 4.69) is 4.40 Å². The maximum atomic E-state index is 13.5. The van der Waals surface area contributed by atoms with Gasteiger partial charge in [0.25, 0.3) is 5.69 Å². The van der Waals surface area contributed by atoms with Gasteiger partial charge in [0.05, 0.1) is 27.0 Å². The predicted molar refractivity (Wildman–Crippen MR) is 119 cm³/mol. The van der Waals surface area contributed by atoms with E-state index in [0.717, 1.165) is 26.8 Å². The van der Waals surface area contributed by atoms with E-state index in [0.29, 0.717) is 16.8 Å². The molecule has 146 valence electrons. The average Bonchev–Trinajstić information content (AvgIpc) is 3.13. The zero-order valence-corrected chi connectivity index (χ0v) is 16.7. The second-order valence-corrected chi connectivity index (χ2v) is 7.63. The number of rotatable bonds is 4. The highest BCUT2D eigenvalue weighted by atomic mass is 32.2. The summed E-state index contributed by atoms with van der Waals surface area (Å²) in [6.45, 7) is 0. The standard InChI is InChI=1S/C23H15N3O3S/c1-30-23-16-6-2-4-8-18(16)25-19-9-5-3-7-17(19)24-20(21(23)25)22(27)14-10-12-15(13-11-14)26(28)29/h2-13H,1H3. The number of para-hydroxylation sites is 3. The maximum absolute atomic E-state index is 13.5. The van der Waals surface area contributed by atoms with Crippen LogP contribution in [-0.2, 0) is 0 Å². The number of aromatic nitrogens is 2. The normalized spacial score (nSPS) is 11.4. The van der Waals surface area contributed by atoms with Crippen LogP contribution >= 0.6 is 11.8 Å². The number of carbonyl (C=O) groups excluding carboxylic acids is 1. The summed E-state index contributed by atoms with van der Waals surface area (Å²) in [6.07, 6.45) is 1.98. The van der Waals surface area contributed by atoms with E-state index in [4.69, 9.17) is 4.98 Å². The Morgan fingerprint density at radius 2 is 1.63 bits per heavy atom. The van der Waals surface area contributed by atoms with Crippen LogP contribution in [0.4, 0.5) is 5.69 Å². The second kappa shape index (κ2) is 6.96. The molecule has 0 saturated carbocycles. The largest absolute Gasteiger partial charge is 0.304 e. The highest BCUT2D eigenvalue weighted by Crippen LogP contribution is 2.37. The van der Waals surface area contributed by atoms with Crippen molar-refractivity contribution in [3.63, 3.8) is 0 Å². The molecule has 0 unspecified atom stereocenters. The molecule has 0 aliphatic rings. The Balaban J connectivity index is 1.87. The molecule has 7 heteroatoms. The minimum absolute atomic E-state index is 0.0543. The quantitative estimate of drug-likeness (QED) is 0.168. The Hall–Kier alpha value is -3.71.